The Bertz CT molecular complexity index is 566. The van der Waals surface area contributed by atoms with E-state index in [9.17, 15) is 0 Å². The molecule has 0 fully saturated rings. The van der Waals surface area contributed by atoms with Crippen molar-refractivity contribution in [1.29, 1.82) is 0 Å². The van der Waals surface area contributed by atoms with Crippen LogP contribution in [0.4, 0.5) is 0 Å². The van der Waals surface area contributed by atoms with Crippen LogP contribution in [-0.4, -0.2) is 6.54 Å². The van der Waals surface area contributed by atoms with Crippen molar-refractivity contribution in [3.8, 4) is 0 Å². The summed E-state index contributed by atoms with van der Waals surface area (Å²) in [5, 5.41) is 4.28. The van der Waals surface area contributed by atoms with Crippen LogP contribution in [0.2, 0.25) is 5.02 Å². The zero-order valence-electron chi connectivity index (χ0n) is 12.7. The van der Waals surface area contributed by atoms with Gasteiger partial charge in [-0.25, -0.2) is 0 Å². The Morgan fingerprint density at radius 1 is 1.10 bits per heavy atom. The summed E-state index contributed by atoms with van der Waals surface area (Å²) in [6.45, 7) is 6.27. The third kappa shape index (κ3) is 5.39. The van der Waals surface area contributed by atoms with Gasteiger partial charge in [0.15, 0.2) is 0 Å². The fraction of sp³-hybridized carbons (Fsp3) is 0.333. The first-order chi connectivity index (χ1) is 10.2. The van der Waals surface area contributed by atoms with Gasteiger partial charge in [0.25, 0.3) is 0 Å². The molecule has 0 bridgehead atoms. The summed E-state index contributed by atoms with van der Waals surface area (Å²) in [4.78, 5) is 1.28. The summed E-state index contributed by atoms with van der Waals surface area (Å²) >= 11 is 8.10. The summed E-state index contributed by atoms with van der Waals surface area (Å²) in [5.41, 5.74) is 3.74. The lowest BCUT2D eigenvalue weighted by Gasteiger charge is -2.07. The third-order valence-electron chi connectivity index (χ3n) is 3.28. The van der Waals surface area contributed by atoms with Crippen molar-refractivity contribution < 1.29 is 0 Å². The van der Waals surface area contributed by atoms with Crippen LogP contribution in [0.15, 0.2) is 47.4 Å². The zero-order chi connectivity index (χ0) is 15.1. The second-order valence-electron chi connectivity index (χ2n) is 5.20. The third-order valence-corrected chi connectivity index (χ3v) is 4.69. The van der Waals surface area contributed by atoms with E-state index in [4.69, 9.17) is 11.6 Å². The molecule has 1 N–H and O–H groups in total. The fourth-order valence-electron chi connectivity index (χ4n) is 2.04. The number of benzene rings is 2. The molecule has 0 saturated heterocycles. The number of nitrogens with one attached hydrogen (secondary N) is 1. The van der Waals surface area contributed by atoms with Crippen LogP contribution in [0.1, 0.15) is 30.0 Å². The lowest BCUT2D eigenvalue weighted by atomic mass is 10.2. The molecule has 0 heterocycles. The minimum Gasteiger partial charge on any atom is -0.313 e. The molecule has 0 aromatic heterocycles. The molecule has 3 heteroatoms. The van der Waals surface area contributed by atoms with Crippen LogP contribution < -0.4 is 5.32 Å². The molecule has 0 atom stereocenters. The highest BCUT2D eigenvalue weighted by Crippen LogP contribution is 2.27. The highest BCUT2D eigenvalue weighted by Gasteiger charge is 2.02. The quantitative estimate of drug-likeness (QED) is 0.538. The van der Waals surface area contributed by atoms with E-state index >= 15 is 0 Å². The Labute approximate surface area is 137 Å². The number of hydrogen-bond acceptors (Lipinski definition) is 2. The molecule has 0 aliphatic carbocycles. The topological polar surface area (TPSA) is 12.0 Å². The molecular weight excluding hydrogens is 298 g/mol. The molecule has 2 aromatic rings. The minimum absolute atomic E-state index is 0.864. The number of aryl methyl sites for hydroxylation is 1. The Balaban J connectivity index is 1.88. The van der Waals surface area contributed by atoms with E-state index in [-0.39, 0.29) is 0 Å². The van der Waals surface area contributed by atoms with E-state index in [1.807, 2.05) is 17.8 Å². The van der Waals surface area contributed by atoms with E-state index in [0.717, 1.165) is 23.9 Å². The first kappa shape index (κ1) is 16.4. The average molecular weight is 320 g/mol. The number of halogens is 1. The minimum atomic E-state index is 0.864. The van der Waals surface area contributed by atoms with Crippen LogP contribution in [-0.2, 0) is 12.3 Å². The molecule has 0 spiro atoms. The number of hydrogen-bond donors (Lipinski definition) is 1. The van der Waals surface area contributed by atoms with Crippen molar-refractivity contribution in [2.24, 2.45) is 0 Å². The summed E-state index contributed by atoms with van der Waals surface area (Å²) in [5.74, 6) is 0.909. The first-order valence-electron chi connectivity index (χ1n) is 7.36. The van der Waals surface area contributed by atoms with Crippen LogP contribution in [0.5, 0.6) is 0 Å². The molecule has 1 nitrogen and oxygen atoms in total. The maximum Gasteiger partial charge on any atom is 0.0449 e. The standard InChI is InChI=1S/C18H22ClNS/c1-3-10-20-12-15-5-8-17(9-6-15)21-13-16-7-4-14(2)11-18(16)19/h4-9,11,20H,3,10,12-13H2,1-2H3. The van der Waals surface area contributed by atoms with Crippen molar-refractivity contribution in [1.82, 2.24) is 5.32 Å². The molecule has 0 radical (unpaired) electrons. The second kappa shape index (κ2) is 8.47. The Hall–Kier alpha value is -0.960. The smallest absolute Gasteiger partial charge is 0.0449 e. The summed E-state index contributed by atoms with van der Waals surface area (Å²) < 4.78 is 0. The van der Waals surface area contributed by atoms with Gasteiger partial charge in [-0.2, -0.15) is 0 Å². The van der Waals surface area contributed by atoms with Gasteiger partial charge in [0, 0.05) is 22.2 Å². The van der Waals surface area contributed by atoms with Gasteiger partial charge in [-0.1, -0.05) is 42.8 Å². The number of rotatable bonds is 7. The highest BCUT2D eigenvalue weighted by molar-refractivity contribution is 7.98. The largest absolute Gasteiger partial charge is 0.313 e. The number of thioether (sulfide) groups is 1. The van der Waals surface area contributed by atoms with Crippen LogP contribution in [0, 0.1) is 6.92 Å². The van der Waals surface area contributed by atoms with E-state index in [2.05, 4.69) is 55.6 Å². The molecule has 0 aliphatic rings. The SMILES string of the molecule is CCCNCc1ccc(SCc2ccc(C)cc2Cl)cc1. The zero-order valence-corrected chi connectivity index (χ0v) is 14.2. The molecular formula is C18H22ClNS. The molecule has 0 unspecified atom stereocenters. The molecule has 2 rings (SSSR count). The first-order valence-corrected chi connectivity index (χ1v) is 8.73. The van der Waals surface area contributed by atoms with E-state index < -0.39 is 0 Å². The van der Waals surface area contributed by atoms with Crippen LogP contribution in [0.3, 0.4) is 0 Å². The average Bonchev–Trinajstić information content (AvgIpc) is 2.48. The highest BCUT2D eigenvalue weighted by atomic mass is 35.5. The maximum atomic E-state index is 6.27. The van der Waals surface area contributed by atoms with Crippen molar-refractivity contribution in [3.63, 3.8) is 0 Å². The van der Waals surface area contributed by atoms with E-state index in [1.165, 1.54) is 28.0 Å². The van der Waals surface area contributed by atoms with Crippen LogP contribution >= 0.6 is 23.4 Å². The van der Waals surface area contributed by atoms with Crippen molar-refractivity contribution >= 4 is 23.4 Å². The maximum absolute atomic E-state index is 6.27. The van der Waals surface area contributed by atoms with E-state index in [0.29, 0.717) is 0 Å². The fourth-order valence-corrected chi connectivity index (χ4v) is 3.33. The molecule has 0 aliphatic heterocycles. The van der Waals surface area contributed by atoms with Crippen molar-refractivity contribution in [2.75, 3.05) is 6.54 Å². The predicted octanol–water partition coefficient (Wildman–Crippen LogP) is 5.44. The molecule has 0 saturated carbocycles. The Morgan fingerprint density at radius 2 is 1.86 bits per heavy atom. The van der Waals surface area contributed by atoms with Gasteiger partial charge in [-0.05, 0) is 54.8 Å². The monoisotopic (exact) mass is 319 g/mol. The van der Waals surface area contributed by atoms with Gasteiger partial charge >= 0.3 is 0 Å². The van der Waals surface area contributed by atoms with Crippen molar-refractivity contribution in [3.05, 3.63) is 64.2 Å². The summed E-state index contributed by atoms with van der Waals surface area (Å²) in [7, 11) is 0. The van der Waals surface area contributed by atoms with Crippen LogP contribution in [0.25, 0.3) is 0 Å². The molecule has 21 heavy (non-hydrogen) atoms. The van der Waals surface area contributed by atoms with Gasteiger partial charge in [0.1, 0.15) is 0 Å². The normalized spacial score (nSPS) is 10.8. The molecule has 2 aromatic carbocycles. The van der Waals surface area contributed by atoms with Gasteiger partial charge < -0.3 is 5.32 Å². The van der Waals surface area contributed by atoms with Crippen molar-refractivity contribution in [2.45, 2.75) is 37.5 Å². The lowest BCUT2D eigenvalue weighted by molar-refractivity contribution is 0.675. The van der Waals surface area contributed by atoms with Gasteiger partial charge in [-0.15, -0.1) is 11.8 Å². The Morgan fingerprint density at radius 3 is 2.52 bits per heavy atom. The lowest BCUT2D eigenvalue weighted by Crippen LogP contribution is -2.13. The van der Waals surface area contributed by atoms with Gasteiger partial charge in [-0.3, -0.25) is 0 Å². The molecule has 112 valence electrons. The second-order valence-corrected chi connectivity index (χ2v) is 6.66. The van der Waals surface area contributed by atoms with E-state index in [1.54, 1.807) is 0 Å². The predicted molar refractivity (Wildman–Crippen MR) is 94.2 cm³/mol. The van der Waals surface area contributed by atoms with Gasteiger partial charge in [0.05, 0.1) is 0 Å². The summed E-state index contributed by atoms with van der Waals surface area (Å²) in [6.07, 6.45) is 1.17. The van der Waals surface area contributed by atoms with Gasteiger partial charge in [0.2, 0.25) is 0 Å². The Kier molecular flexibility index (Phi) is 6.62. The molecule has 0 amide bonds. The summed E-state index contributed by atoms with van der Waals surface area (Å²) in [6, 6.07) is 15.0.